The lowest BCUT2D eigenvalue weighted by Gasteiger charge is -2.04. The second-order valence-electron chi connectivity index (χ2n) is 6.38. The first-order valence-corrected chi connectivity index (χ1v) is 9.41. The first-order valence-electron chi connectivity index (χ1n) is 8.53. The Kier molecular flexibility index (Phi) is 3.63. The number of hydrogen-bond acceptors (Lipinski definition) is 4. The van der Waals surface area contributed by atoms with Gasteiger partial charge in [-0.1, -0.05) is 36.4 Å². The Morgan fingerprint density at radius 2 is 1.89 bits per heavy atom. The third-order valence-corrected chi connectivity index (χ3v) is 5.59. The van der Waals surface area contributed by atoms with Crippen LogP contribution in [0.2, 0.25) is 0 Å². The number of carboxylic acids is 1. The van der Waals surface area contributed by atoms with Gasteiger partial charge in [-0.2, -0.15) is 0 Å². The number of pyridine rings is 1. The third-order valence-electron chi connectivity index (χ3n) is 4.70. The number of benzene rings is 2. The van der Waals surface area contributed by atoms with Gasteiger partial charge in [-0.25, -0.2) is 9.78 Å². The highest BCUT2D eigenvalue weighted by Crippen LogP contribution is 2.32. The minimum absolute atomic E-state index is 0.0755. The molecule has 0 unspecified atom stereocenters. The summed E-state index contributed by atoms with van der Waals surface area (Å²) in [6.45, 7) is 0. The van der Waals surface area contributed by atoms with Crippen molar-refractivity contribution in [2.45, 2.75) is 0 Å². The number of carboxylic acid groups (broad SMARTS) is 1. The largest absolute Gasteiger partial charge is 0.478 e. The highest BCUT2D eigenvalue weighted by atomic mass is 32.1. The molecule has 0 spiro atoms. The van der Waals surface area contributed by atoms with Crippen molar-refractivity contribution in [1.82, 2.24) is 15.0 Å². The van der Waals surface area contributed by atoms with Crippen molar-refractivity contribution in [1.29, 1.82) is 0 Å². The van der Waals surface area contributed by atoms with Crippen molar-refractivity contribution in [3.8, 4) is 21.8 Å². The van der Waals surface area contributed by atoms with Crippen LogP contribution in [0.3, 0.4) is 0 Å². The molecule has 136 valence electrons. The number of carbonyl (C=O) groups is 1. The zero-order valence-corrected chi connectivity index (χ0v) is 15.2. The second-order valence-corrected chi connectivity index (χ2v) is 7.23. The average molecular weight is 387 g/mol. The number of rotatable bonds is 3. The topological polar surface area (TPSA) is 98.8 Å². The Morgan fingerprint density at radius 1 is 1.07 bits per heavy atom. The fourth-order valence-corrected chi connectivity index (χ4v) is 4.21. The molecule has 3 aromatic heterocycles. The van der Waals surface area contributed by atoms with Gasteiger partial charge < -0.3 is 15.1 Å². The fourth-order valence-electron chi connectivity index (χ4n) is 3.37. The van der Waals surface area contributed by atoms with Crippen LogP contribution >= 0.6 is 11.3 Å². The van der Waals surface area contributed by atoms with E-state index in [1.165, 1.54) is 6.20 Å². The van der Waals surface area contributed by atoms with E-state index in [4.69, 9.17) is 4.98 Å². The Hall–Kier alpha value is -3.71. The molecule has 0 atom stereocenters. The summed E-state index contributed by atoms with van der Waals surface area (Å²) in [5.41, 5.74) is 3.28. The van der Waals surface area contributed by atoms with E-state index >= 15 is 0 Å². The average Bonchev–Trinajstić information content (AvgIpc) is 3.37. The van der Waals surface area contributed by atoms with Gasteiger partial charge in [0.1, 0.15) is 10.5 Å². The normalized spacial score (nSPS) is 11.3. The molecule has 6 nitrogen and oxygen atoms in total. The number of nitrogens with one attached hydrogen (secondary N) is 2. The van der Waals surface area contributed by atoms with Crippen LogP contribution in [0.4, 0.5) is 0 Å². The van der Waals surface area contributed by atoms with E-state index < -0.39 is 5.97 Å². The molecule has 0 saturated heterocycles. The molecule has 0 radical (unpaired) electrons. The monoisotopic (exact) mass is 387 g/mol. The molecule has 28 heavy (non-hydrogen) atoms. The first-order chi connectivity index (χ1) is 13.6. The molecule has 0 saturated carbocycles. The van der Waals surface area contributed by atoms with Crippen LogP contribution in [0.15, 0.2) is 64.9 Å². The van der Waals surface area contributed by atoms with Crippen LogP contribution in [-0.2, 0) is 0 Å². The summed E-state index contributed by atoms with van der Waals surface area (Å²) in [4.78, 5) is 34.2. The minimum Gasteiger partial charge on any atom is -0.478 e. The number of H-pyrrole nitrogens is 2. The smallest absolute Gasteiger partial charge is 0.337 e. The third kappa shape index (κ3) is 2.52. The summed E-state index contributed by atoms with van der Waals surface area (Å²) in [6, 6.07) is 15.5. The maximum atomic E-state index is 12.3. The highest BCUT2D eigenvalue weighted by Gasteiger charge is 2.17. The second kappa shape index (κ2) is 6.17. The van der Waals surface area contributed by atoms with E-state index in [2.05, 4.69) is 9.97 Å². The standard InChI is InChI=1S/C21H13N3O3S/c25-19-18-17(14(9-22-18)21(26)27)13-8-12(6-7-15(13)23-19)16-10-28-20(24-16)11-4-2-1-3-5-11/h1-10,22H,(H,23,25)(H,26,27). The van der Waals surface area contributed by atoms with Crippen LogP contribution in [-0.4, -0.2) is 26.0 Å². The Labute approximate surface area is 162 Å². The molecule has 5 rings (SSSR count). The zero-order valence-electron chi connectivity index (χ0n) is 14.4. The van der Waals surface area contributed by atoms with Crippen molar-refractivity contribution >= 4 is 39.1 Å². The predicted molar refractivity (Wildman–Crippen MR) is 110 cm³/mol. The van der Waals surface area contributed by atoms with Crippen LogP contribution in [0.25, 0.3) is 43.6 Å². The zero-order chi connectivity index (χ0) is 19.3. The molecule has 3 heterocycles. The summed E-state index contributed by atoms with van der Waals surface area (Å²) >= 11 is 1.55. The highest BCUT2D eigenvalue weighted by molar-refractivity contribution is 7.13. The SMILES string of the molecule is O=C(O)c1c[nH]c2c(=O)[nH]c3ccc(-c4csc(-c5ccccc5)n4)cc3c12. The van der Waals surface area contributed by atoms with E-state index in [1.807, 2.05) is 47.8 Å². The van der Waals surface area contributed by atoms with Crippen molar-refractivity contribution in [3.05, 3.63) is 76.0 Å². The molecular weight excluding hydrogens is 374 g/mol. The maximum absolute atomic E-state index is 12.3. The fraction of sp³-hybridized carbons (Fsp3) is 0. The van der Waals surface area contributed by atoms with Crippen molar-refractivity contribution in [3.63, 3.8) is 0 Å². The predicted octanol–water partition coefficient (Wildman–Crippen LogP) is 4.50. The minimum atomic E-state index is -1.08. The summed E-state index contributed by atoms with van der Waals surface area (Å²) in [6.07, 6.45) is 1.35. The number of fused-ring (bicyclic) bond motifs is 3. The maximum Gasteiger partial charge on any atom is 0.337 e. The molecule has 0 aliphatic rings. The molecule has 0 amide bonds. The van der Waals surface area contributed by atoms with E-state index in [9.17, 15) is 14.7 Å². The molecule has 0 fully saturated rings. The van der Waals surface area contributed by atoms with E-state index in [0.29, 0.717) is 16.3 Å². The lowest BCUT2D eigenvalue weighted by atomic mass is 10.0. The van der Waals surface area contributed by atoms with Gasteiger partial charge >= 0.3 is 5.97 Å². The summed E-state index contributed by atoms with van der Waals surface area (Å²) < 4.78 is 0. The van der Waals surface area contributed by atoms with Crippen LogP contribution in [0, 0.1) is 0 Å². The number of aromatic amines is 2. The number of aromatic nitrogens is 3. The summed E-state index contributed by atoms with van der Waals surface area (Å²) in [5.74, 6) is -1.08. The number of hydrogen-bond donors (Lipinski definition) is 3. The van der Waals surface area contributed by atoms with Gasteiger partial charge in [0, 0.05) is 39.0 Å². The Bertz CT molecular complexity index is 1410. The van der Waals surface area contributed by atoms with Gasteiger partial charge in [0.15, 0.2) is 0 Å². The summed E-state index contributed by atoms with van der Waals surface area (Å²) in [7, 11) is 0. The quantitative estimate of drug-likeness (QED) is 0.424. The van der Waals surface area contributed by atoms with Gasteiger partial charge in [0.25, 0.3) is 5.56 Å². The van der Waals surface area contributed by atoms with Crippen LogP contribution < -0.4 is 5.56 Å². The molecular formula is C21H13N3O3S. The van der Waals surface area contributed by atoms with Crippen molar-refractivity contribution < 1.29 is 9.90 Å². The van der Waals surface area contributed by atoms with E-state index in [0.717, 1.165) is 21.8 Å². The van der Waals surface area contributed by atoms with Crippen LogP contribution in [0.5, 0.6) is 0 Å². The van der Waals surface area contributed by atoms with E-state index in [1.54, 1.807) is 17.4 Å². The molecule has 7 heteroatoms. The lowest BCUT2D eigenvalue weighted by Crippen LogP contribution is -2.07. The van der Waals surface area contributed by atoms with Gasteiger partial charge in [-0.3, -0.25) is 4.79 Å². The lowest BCUT2D eigenvalue weighted by molar-refractivity contribution is 0.0699. The number of thiazole rings is 1. The summed E-state index contributed by atoms with van der Waals surface area (Å²) in [5, 5.41) is 13.5. The molecule has 5 aromatic rings. The Balaban J connectivity index is 1.72. The molecule has 2 aromatic carbocycles. The van der Waals surface area contributed by atoms with Crippen LogP contribution in [0.1, 0.15) is 10.4 Å². The van der Waals surface area contributed by atoms with Gasteiger partial charge in [0.05, 0.1) is 11.3 Å². The molecule has 3 N–H and O–H groups in total. The van der Waals surface area contributed by atoms with Gasteiger partial charge in [-0.15, -0.1) is 11.3 Å². The molecule has 0 aliphatic carbocycles. The number of aromatic carboxylic acids is 1. The Morgan fingerprint density at radius 3 is 2.68 bits per heavy atom. The molecule has 0 bridgehead atoms. The number of nitrogens with zero attached hydrogens (tertiary/aromatic N) is 1. The van der Waals surface area contributed by atoms with E-state index in [-0.39, 0.29) is 16.6 Å². The van der Waals surface area contributed by atoms with Gasteiger partial charge in [-0.05, 0) is 12.1 Å². The van der Waals surface area contributed by atoms with Gasteiger partial charge in [0.2, 0.25) is 0 Å². The first kappa shape index (κ1) is 16.5. The van der Waals surface area contributed by atoms with Crippen molar-refractivity contribution in [2.75, 3.05) is 0 Å². The van der Waals surface area contributed by atoms with Crippen molar-refractivity contribution in [2.24, 2.45) is 0 Å². The molecule has 0 aliphatic heterocycles.